The van der Waals surface area contributed by atoms with Crippen LogP contribution in [0.15, 0.2) is 60.1 Å². The molecule has 3 heterocycles. The number of benzene rings is 1. The molecule has 126 valence electrons. The summed E-state index contributed by atoms with van der Waals surface area (Å²) >= 11 is 1.67. The van der Waals surface area contributed by atoms with Gasteiger partial charge in [-0.05, 0) is 43.4 Å². The predicted octanol–water partition coefficient (Wildman–Crippen LogP) is 3.44. The van der Waals surface area contributed by atoms with Gasteiger partial charge >= 0.3 is 11.1 Å². The van der Waals surface area contributed by atoms with Crippen LogP contribution < -0.4 is 9.88 Å². The van der Waals surface area contributed by atoms with E-state index in [1.807, 2.05) is 44.3 Å². The second-order valence-corrected chi connectivity index (χ2v) is 6.85. The Morgan fingerprint density at radius 3 is 2.92 bits per heavy atom. The number of allylic oxidation sites excluding steroid dienone is 1. The first-order chi connectivity index (χ1) is 12.2. The summed E-state index contributed by atoms with van der Waals surface area (Å²) in [4.78, 5) is 17.0. The SMILES string of the molecule is CCOC(=O)C1=C(C)Nc2sc3ccccc3[n+]2[C@@H]1c1cccnc1. The Hall–Kier alpha value is -2.73. The molecule has 25 heavy (non-hydrogen) atoms. The molecule has 1 atom stereocenters. The summed E-state index contributed by atoms with van der Waals surface area (Å²) in [6, 6.07) is 11.8. The monoisotopic (exact) mass is 352 g/mol. The zero-order chi connectivity index (χ0) is 17.4. The molecule has 0 fully saturated rings. The standard InChI is InChI=1S/C19H17N3O2S/c1-3-24-18(23)16-12(2)21-19-22(14-8-4-5-9-15(14)25-19)17(16)13-7-6-10-20-11-13/h4-11,17H,3H2,1-2H3/p+1/t17-/m1/s1. The van der Waals surface area contributed by atoms with Crippen LogP contribution in [0.5, 0.6) is 0 Å². The number of hydrogen-bond donors (Lipinski definition) is 1. The van der Waals surface area contributed by atoms with Crippen LogP contribution in [0.1, 0.15) is 25.5 Å². The molecule has 1 N–H and O–H groups in total. The van der Waals surface area contributed by atoms with Gasteiger partial charge in [0.25, 0.3) is 0 Å². The van der Waals surface area contributed by atoms with Gasteiger partial charge in [0.2, 0.25) is 0 Å². The van der Waals surface area contributed by atoms with Crippen LogP contribution >= 0.6 is 11.3 Å². The smallest absolute Gasteiger partial charge is 0.342 e. The van der Waals surface area contributed by atoms with Crippen LogP contribution in [0.2, 0.25) is 0 Å². The number of thiazole rings is 1. The Morgan fingerprint density at radius 1 is 1.32 bits per heavy atom. The number of aromatic nitrogens is 2. The molecule has 0 radical (unpaired) electrons. The van der Waals surface area contributed by atoms with Crippen LogP contribution in [0.4, 0.5) is 5.13 Å². The van der Waals surface area contributed by atoms with Gasteiger partial charge in [-0.2, -0.15) is 0 Å². The average molecular weight is 352 g/mol. The molecule has 6 heteroatoms. The van der Waals surface area contributed by atoms with E-state index in [0.717, 1.165) is 26.6 Å². The molecule has 3 aromatic rings. The first-order valence-electron chi connectivity index (χ1n) is 8.18. The van der Waals surface area contributed by atoms with Crippen molar-refractivity contribution < 1.29 is 14.1 Å². The van der Waals surface area contributed by atoms with Gasteiger partial charge in [-0.3, -0.25) is 4.98 Å². The summed E-state index contributed by atoms with van der Waals surface area (Å²) in [5.41, 5.74) is 3.48. The van der Waals surface area contributed by atoms with E-state index in [-0.39, 0.29) is 12.0 Å². The lowest BCUT2D eigenvalue weighted by molar-refractivity contribution is -0.663. The lowest BCUT2D eigenvalue weighted by Crippen LogP contribution is -2.47. The normalized spacial score (nSPS) is 16.5. The van der Waals surface area contributed by atoms with Crippen molar-refractivity contribution in [3.8, 4) is 0 Å². The number of para-hydroxylation sites is 1. The molecule has 1 aliphatic rings. The molecule has 0 amide bonds. The Balaban J connectivity index is 1.98. The van der Waals surface area contributed by atoms with Crippen LogP contribution in [0.25, 0.3) is 10.2 Å². The number of anilines is 1. The largest absolute Gasteiger partial charge is 0.462 e. The van der Waals surface area contributed by atoms with E-state index in [1.54, 1.807) is 17.5 Å². The highest BCUT2D eigenvalue weighted by Crippen LogP contribution is 2.36. The quantitative estimate of drug-likeness (QED) is 0.580. The molecule has 1 aromatic carbocycles. The van der Waals surface area contributed by atoms with E-state index in [2.05, 4.69) is 27.0 Å². The molecule has 2 aromatic heterocycles. The van der Waals surface area contributed by atoms with Crippen LogP contribution in [0, 0.1) is 0 Å². The van der Waals surface area contributed by atoms with Crippen molar-refractivity contribution in [3.63, 3.8) is 0 Å². The van der Waals surface area contributed by atoms with Crippen molar-refractivity contribution in [2.45, 2.75) is 19.9 Å². The Labute approximate surface area is 149 Å². The maximum Gasteiger partial charge on any atom is 0.342 e. The van der Waals surface area contributed by atoms with Crippen molar-refractivity contribution in [1.29, 1.82) is 0 Å². The third-order valence-electron chi connectivity index (χ3n) is 4.28. The number of carbonyl (C=O) groups is 1. The lowest BCUT2D eigenvalue weighted by Gasteiger charge is -2.23. The summed E-state index contributed by atoms with van der Waals surface area (Å²) in [5, 5.41) is 4.38. The van der Waals surface area contributed by atoms with Gasteiger partial charge in [0.05, 0.1) is 11.3 Å². The van der Waals surface area contributed by atoms with E-state index in [9.17, 15) is 4.79 Å². The van der Waals surface area contributed by atoms with Gasteiger partial charge in [-0.1, -0.05) is 18.2 Å². The van der Waals surface area contributed by atoms with Gasteiger partial charge in [0.15, 0.2) is 6.04 Å². The molecule has 4 rings (SSSR count). The van der Waals surface area contributed by atoms with Crippen LogP contribution in [0.3, 0.4) is 0 Å². The van der Waals surface area contributed by atoms with E-state index in [0.29, 0.717) is 12.2 Å². The summed E-state index contributed by atoms with van der Waals surface area (Å²) in [6.45, 7) is 4.09. The van der Waals surface area contributed by atoms with E-state index in [1.165, 1.54) is 0 Å². The number of fused-ring (bicyclic) bond motifs is 3. The fourth-order valence-corrected chi connectivity index (χ4v) is 4.37. The topological polar surface area (TPSA) is 55.1 Å². The number of hydrogen-bond acceptors (Lipinski definition) is 5. The minimum absolute atomic E-state index is 0.264. The van der Waals surface area contributed by atoms with Crippen LogP contribution in [-0.4, -0.2) is 17.6 Å². The van der Waals surface area contributed by atoms with Gasteiger partial charge < -0.3 is 4.74 Å². The zero-order valence-electron chi connectivity index (χ0n) is 14.0. The average Bonchev–Trinajstić information content (AvgIpc) is 2.99. The van der Waals surface area contributed by atoms with E-state index < -0.39 is 0 Å². The molecule has 0 aliphatic carbocycles. The molecule has 0 bridgehead atoms. The highest BCUT2D eigenvalue weighted by atomic mass is 32.1. The molecule has 0 saturated carbocycles. The molecule has 0 unspecified atom stereocenters. The molecular formula is C19H18N3O2S+. The van der Waals surface area contributed by atoms with Gasteiger partial charge in [-0.25, -0.2) is 14.7 Å². The highest BCUT2D eigenvalue weighted by molar-refractivity contribution is 7.21. The number of esters is 1. The van der Waals surface area contributed by atoms with Crippen molar-refractivity contribution in [2.75, 3.05) is 11.9 Å². The zero-order valence-corrected chi connectivity index (χ0v) is 14.8. The Kier molecular flexibility index (Phi) is 3.97. The van der Waals surface area contributed by atoms with Crippen LogP contribution in [-0.2, 0) is 9.53 Å². The molecule has 0 spiro atoms. The Bertz CT molecular complexity index is 979. The first-order valence-corrected chi connectivity index (χ1v) is 9.00. The van der Waals surface area contributed by atoms with Crippen molar-refractivity contribution in [2.24, 2.45) is 0 Å². The highest BCUT2D eigenvalue weighted by Gasteiger charge is 2.40. The van der Waals surface area contributed by atoms with Crippen molar-refractivity contribution in [3.05, 3.63) is 65.6 Å². The number of nitrogens with zero attached hydrogens (tertiary/aromatic N) is 2. The third-order valence-corrected chi connectivity index (χ3v) is 5.33. The fourth-order valence-electron chi connectivity index (χ4n) is 3.24. The fraction of sp³-hybridized carbons (Fsp3) is 0.211. The van der Waals surface area contributed by atoms with Crippen molar-refractivity contribution in [1.82, 2.24) is 4.98 Å². The molecule has 5 nitrogen and oxygen atoms in total. The summed E-state index contributed by atoms with van der Waals surface area (Å²) in [6.07, 6.45) is 3.55. The van der Waals surface area contributed by atoms with Gasteiger partial charge in [0.1, 0.15) is 16.8 Å². The maximum absolute atomic E-state index is 12.7. The Morgan fingerprint density at radius 2 is 2.16 bits per heavy atom. The number of nitrogens with one attached hydrogen (secondary N) is 1. The summed E-state index contributed by atoms with van der Waals surface area (Å²) < 4.78 is 8.67. The van der Waals surface area contributed by atoms with E-state index in [4.69, 9.17) is 4.74 Å². The summed E-state index contributed by atoms with van der Waals surface area (Å²) in [5.74, 6) is -0.296. The first kappa shape index (κ1) is 15.8. The number of ether oxygens (including phenoxy) is 1. The number of rotatable bonds is 3. The summed E-state index contributed by atoms with van der Waals surface area (Å²) in [7, 11) is 0. The predicted molar refractivity (Wildman–Crippen MR) is 97.4 cm³/mol. The van der Waals surface area contributed by atoms with Gasteiger partial charge in [0, 0.05) is 18.0 Å². The third kappa shape index (κ3) is 2.59. The van der Waals surface area contributed by atoms with Crippen molar-refractivity contribution >= 4 is 32.7 Å². The second kappa shape index (κ2) is 6.29. The maximum atomic E-state index is 12.7. The van der Waals surface area contributed by atoms with Gasteiger partial charge in [-0.15, -0.1) is 0 Å². The number of pyridine rings is 1. The second-order valence-electron chi connectivity index (χ2n) is 5.82. The minimum atomic E-state index is -0.296. The van der Waals surface area contributed by atoms with E-state index >= 15 is 0 Å². The molecule has 0 saturated heterocycles. The molecular weight excluding hydrogens is 334 g/mol. The minimum Gasteiger partial charge on any atom is -0.462 e. The number of carbonyl (C=O) groups excluding carboxylic acids is 1. The molecule has 1 aliphatic heterocycles. The lowest BCUT2D eigenvalue weighted by atomic mass is 9.96.